The van der Waals surface area contributed by atoms with Crippen molar-refractivity contribution in [2.24, 2.45) is 0 Å². The van der Waals surface area contributed by atoms with Gasteiger partial charge >= 0.3 is 0 Å². The lowest BCUT2D eigenvalue weighted by Crippen LogP contribution is -2.21. The second-order valence-corrected chi connectivity index (χ2v) is 7.89. The Morgan fingerprint density at radius 3 is 2.29 bits per heavy atom. The summed E-state index contributed by atoms with van der Waals surface area (Å²) in [5.41, 5.74) is 5.23. The summed E-state index contributed by atoms with van der Waals surface area (Å²) < 4.78 is 1.68. The zero-order valence-corrected chi connectivity index (χ0v) is 16.3. The summed E-state index contributed by atoms with van der Waals surface area (Å²) in [5, 5.41) is 5.78. The SMILES string of the molecule is O=C1CC(c2ccc(Cl)cc2)Cc2nc3c(-c4ccc(Cl)cc4)cnn3cc21. The summed E-state index contributed by atoms with van der Waals surface area (Å²) in [6.45, 7) is 0. The average molecular weight is 408 g/mol. The molecule has 1 unspecified atom stereocenters. The molecule has 0 spiro atoms. The van der Waals surface area contributed by atoms with Gasteiger partial charge in [0.25, 0.3) is 0 Å². The fourth-order valence-electron chi connectivity index (χ4n) is 3.78. The molecule has 0 fully saturated rings. The first-order chi connectivity index (χ1) is 13.6. The van der Waals surface area contributed by atoms with Crippen molar-refractivity contribution < 1.29 is 4.79 Å². The third-order valence-electron chi connectivity index (χ3n) is 5.24. The van der Waals surface area contributed by atoms with Crippen LogP contribution in [0.4, 0.5) is 0 Å². The minimum atomic E-state index is 0.0964. The van der Waals surface area contributed by atoms with Crippen molar-refractivity contribution >= 4 is 34.6 Å². The predicted molar refractivity (Wildman–Crippen MR) is 110 cm³/mol. The van der Waals surface area contributed by atoms with Crippen molar-refractivity contribution in [3.63, 3.8) is 0 Å². The van der Waals surface area contributed by atoms with Gasteiger partial charge < -0.3 is 0 Å². The zero-order valence-electron chi connectivity index (χ0n) is 14.8. The molecule has 0 bridgehead atoms. The lowest BCUT2D eigenvalue weighted by Gasteiger charge is -2.23. The van der Waals surface area contributed by atoms with Crippen LogP contribution in [0.3, 0.4) is 0 Å². The molecule has 1 aliphatic carbocycles. The summed E-state index contributed by atoms with van der Waals surface area (Å²) >= 11 is 12.0. The Bertz CT molecular complexity index is 1200. The van der Waals surface area contributed by atoms with E-state index < -0.39 is 0 Å². The number of Topliss-reactive ketones (excluding diaryl/α,β-unsaturated/α-hetero) is 1. The van der Waals surface area contributed by atoms with E-state index in [1.165, 1.54) is 0 Å². The first-order valence-corrected chi connectivity index (χ1v) is 9.76. The number of carbonyl (C=O) groups is 1. The van der Waals surface area contributed by atoms with Gasteiger partial charge in [-0.25, -0.2) is 9.50 Å². The molecule has 2 aromatic carbocycles. The first-order valence-electron chi connectivity index (χ1n) is 9.00. The van der Waals surface area contributed by atoms with Crippen molar-refractivity contribution in [1.82, 2.24) is 14.6 Å². The van der Waals surface area contributed by atoms with Gasteiger partial charge in [-0.2, -0.15) is 5.10 Å². The van der Waals surface area contributed by atoms with Crippen LogP contribution in [-0.4, -0.2) is 20.4 Å². The molecule has 6 heteroatoms. The molecule has 2 aromatic heterocycles. The van der Waals surface area contributed by atoms with Crippen LogP contribution in [0.2, 0.25) is 10.0 Å². The number of nitrogens with zero attached hydrogens (tertiary/aromatic N) is 3. The number of aromatic nitrogens is 3. The van der Waals surface area contributed by atoms with Gasteiger partial charge in [0.05, 0.1) is 17.5 Å². The van der Waals surface area contributed by atoms with Gasteiger partial charge in [-0.05, 0) is 47.7 Å². The van der Waals surface area contributed by atoms with Gasteiger partial charge in [-0.3, -0.25) is 4.79 Å². The summed E-state index contributed by atoms with van der Waals surface area (Å²) in [4.78, 5) is 17.6. The standard InChI is InChI=1S/C22H15Cl2N3O/c23-16-5-1-13(2-6-16)15-9-20-19(21(28)10-15)12-27-22(26-20)18(11-25-27)14-3-7-17(24)8-4-14/h1-8,11-12,15H,9-10H2. The molecule has 0 aliphatic heterocycles. The van der Waals surface area contributed by atoms with Crippen LogP contribution in [0, 0.1) is 0 Å². The van der Waals surface area contributed by atoms with Gasteiger partial charge in [-0.1, -0.05) is 47.5 Å². The van der Waals surface area contributed by atoms with Crippen molar-refractivity contribution in [3.05, 3.63) is 87.8 Å². The third-order valence-corrected chi connectivity index (χ3v) is 5.74. The van der Waals surface area contributed by atoms with E-state index in [1.54, 1.807) is 16.9 Å². The summed E-state index contributed by atoms with van der Waals surface area (Å²) in [7, 11) is 0. The lowest BCUT2D eigenvalue weighted by atomic mass is 9.82. The number of benzene rings is 2. The average Bonchev–Trinajstić information content (AvgIpc) is 3.10. The van der Waals surface area contributed by atoms with Crippen LogP contribution < -0.4 is 0 Å². The molecule has 1 aliphatic rings. The molecule has 0 amide bonds. The van der Waals surface area contributed by atoms with Gasteiger partial charge in [0.1, 0.15) is 0 Å². The van der Waals surface area contributed by atoms with E-state index in [0.29, 0.717) is 28.5 Å². The minimum absolute atomic E-state index is 0.0964. The van der Waals surface area contributed by atoms with Crippen LogP contribution in [-0.2, 0) is 6.42 Å². The quantitative estimate of drug-likeness (QED) is 0.433. The molecular formula is C22H15Cl2N3O. The number of ketones is 1. The number of fused-ring (bicyclic) bond motifs is 2. The second kappa shape index (κ2) is 6.73. The second-order valence-electron chi connectivity index (χ2n) is 7.01. The molecule has 4 aromatic rings. The molecule has 28 heavy (non-hydrogen) atoms. The van der Waals surface area contributed by atoms with Gasteiger partial charge in [-0.15, -0.1) is 0 Å². The van der Waals surface area contributed by atoms with Crippen molar-refractivity contribution in [3.8, 4) is 11.1 Å². The molecule has 138 valence electrons. The molecule has 1 atom stereocenters. The van der Waals surface area contributed by atoms with Crippen molar-refractivity contribution in [2.75, 3.05) is 0 Å². The van der Waals surface area contributed by atoms with Gasteiger partial charge in [0, 0.05) is 28.2 Å². The first kappa shape index (κ1) is 17.4. The maximum Gasteiger partial charge on any atom is 0.166 e. The molecule has 0 saturated heterocycles. The Morgan fingerprint density at radius 1 is 0.893 bits per heavy atom. The Kier molecular flexibility index (Phi) is 4.18. The Hall–Kier alpha value is -2.69. The Labute approximate surface area is 171 Å². The largest absolute Gasteiger partial charge is 0.294 e. The lowest BCUT2D eigenvalue weighted by molar-refractivity contribution is 0.0962. The van der Waals surface area contributed by atoms with E-state index in [9.17, 15) is 4.79 Å². The van der Waals surface area contributed by atoms with Gasteiger partial charge in [0.15, 0.2) is 11.4 Å². The maximum atomic E-state index is 12.8. The van der Waals surface area contributed by atoms with E-state index in [2.05, 4.69) is 5.10 Å². The highest BCUT2D eigenvalue weighted by Crippen LogP contribution is 2.34. The van der Waals surface area contributed by atoms with E-state index in [4.69, 9.17) is 28.2 Å². The third kappa shape index (κ3) is 2.99. The van der Waals surface area contributed by atoms with Crippen LogP contribution in [0.5, 0.6) is 0 Å². The van der Waals surface area contributed by atoms with Crippen LogP contribution in [0.15, 0.2) is 60.9 Å². The molecule has 2 heterocycles. The Morgan fingerprint density at radius 2 is 1.57 bits per heavy atom. The number of hydrogen-bond donors (Lipinski definition) is 0. The van der Waals surface area contributed by atoms with Crippen molar-refractivity contribution in [2.45, 2.75) is 18.8 Å². The molecule has 0 radical (unpaired) electrons. The summed E-state index contributed by atoms with van der Waals surface area (Å²) in [6.07, 6.45) is 4.76. The highest BCUT2D eigenvalue weighted by Gasteiger charge is 2.28. The van der Waals surface area contributed by atoms with Crippen molar-refractivity contribution in [1.29, 1.82) is 0 Å². The zero-order chi connectivity index (χ0) is 19.3. The monoisotopic (exact) mass is 407 g/mol. The highest BCUT2D eigenvalue weighted by molar-refractivity contribution is 6.30. The minimum Gasteiger partial charge on any atom is -0.294 e. The van der Waals surface area contributed by atoms with E-state index in [-0.39, 0.29) is 11.7 Å². The molecule has 4 nitrogen and oxygen atoms in total. The number of halogens is 2. The predicted octanol–water partition coefficient (Wildman–Crippen LogP) is 5.62. The highest BCUT2D eigenvalue weighted by atomic mass is 35.5. The topological polar surface area (TPSA) is 47.3 Å². The summed E-state index contributed by atoms with van der Waals surface area (Å²) in [6, 6.07) is 15.3. The van der Waals surface area contributed by atoms with E-state index in [1.807, 2.05) is 48.5 Å². The van der Waals surface area contributed by atoms with Crippen LogP contribution in [0.25, 0.3) is 16.8 Å². The van der Waals surface area contributed by atoms with E-state index in [0.717, 1.165) is 28.0 Å². The Balaban J connectivity index is 1.58. The molecule has 5 rings (SSSR count). The summed E-state index contributed by atoms with van der Waals surface area (Å²) in [5.74, 6) is 0.202. The van der Waals surface area contributed by atoms with Crippen LogP contribution in [0.1, 0.15) is 34.0 Å². The van der Waals surface area contributed by atoms with Gasteiger partial charge in [0.2, 0.25) is 0 Å². The molecular weight excluding hydrogens is 393 g/mol. The fraction of sp³-hybridized carbons (Fsp3) is 0.136. The number of hydrogen-bond acceptors (Lipinski definition) is 3. The molecule has 0 N–H and O–H groups in total. The smallest absolute Gasteiger partial charge is 0.166 e. The number of carbonyl (C=O) groups excluding carboxylic acids is 1. The molecule has 0 saturated carbocycles. The normalized spacial score (nSPS) is 16.4. The maximum absolute atomic E-state index is 12.8. The fourth-order valence-corrected chi connectivity index (χ4v) is 4.03. The number of rotatable bonds is 2. The van der Waals surface area contributed by atoms with Crippen LogP contribution >= 0.6 is 23.2 Å². The van der Waals surface area contributed by atoms with E-state index >= 15 is 0 Å².